The first-order chi connectivity index (χ1) is 10.4. The van der Waals surface area contributed by atoms with Crippen LogP contribution in [0.4, 0.5) is 8.78 Å². The summed E-state index contributed by atoms with van der Waals surface area (Å²) < 4.78 is 26.0. The predicted octanol–water partition coefficient (Wildman–Crippen LogP) is 0.559. The third-order valence-corrected chi connectivity index (χ3v) is 3.64. The van der Waals surface area contributed by atoms with E-state index < -0.39 is 17.7 Å². The van der Waals surface area contributed by atoms with Crippen molar-refractivity contribution in [3.05, 3.63) is 35.4 Å². The van der Waals surface area contributed by atoms with Gasteiger partial charge in [-0.15, -0.1) is 0 Å². The van der Waals surface area contributed by atoms with Crippen molar-refractivity contribution in [2.45, 2.75) is 19.4 Å². The molecule has 1 unspecified atom stereocenters. The molecule has 120 valence electrons. The van der Waals surface area contributed by atoms with E-state index in [1.165, 1.54) is 17.9 Å². The van der Waals surface area contributed by atoms with Crippen LogP contribution in [0.5, 0.6) is 0 Å². The molecular formula is C15H18F2N2O3. The van der Waals surface area contributed by atoms with Gasteiger partial charge in [0.05, 0.1) is 6.42 Å². The first-order valence-electron chi connectivity index (χ1n) is 7.07. The minimum atomic E-state index is -1.05. The van der Waals surface area contributed by atoms with Crippen molar-refractivity contribution in [3.8, 4) is 0 Å². The minimum Gasteiger partial charge on any atom is -0.384 e. The van der Waals surface area contributed by atoms with Gasteiger partial charge in [-0.25, -0.2) is 8.78 Å². The molecule has 2 amide bonds. The number of carbonyl (C=O) groups excluding carboxylic acids is 2. The minimum absolute atomic E-state index is 0.0124. The summed E-state index contributed by atoms with van der Waals surface area (Å²) >= 11 is 0. The Kier molecular flexibility index (Phi) is 5.07. The molecule has 0 aromatic heterocycles. The number of halogens is 2. The van der Waals surface area contributed by atoms with Crippen molar-refractivity contribution < 1.29 is 23.5 Å². The zero-order valence-electron chi connectivity index (χ0n) is 12.3. The van der Waals surface area contributed by atoms with Crippen LogP contribution in [0.2, 0.25) is 0 Å². The van der Waals surface area contributed by atoms with Crippen molar-refractivity contribution >= 4 is 11.8 Å². The molecule has 7 heteroatoms. The molecule has 22 heavy (non-hydrogen) atoms. The van der Waals surface area contributed by atoms with Gasteiger partial charge in [0.1, 0.15) is 6.10 Å². The van der Waals surface area contributed by atoms with Gasteiger partial charge in [-0.1, -0.05) is 6.07 Å². The summed E-state index contributed by atoms with van der Waals surface area (Å²) in [5.74, 6) is -2.47. The number of rotatable bonds is 3. The van der Waals surface area contributed by atoms with Gasteiger partial charge < -0.3 is 14.9 Å². The molecule has 2 rings (SSSR count). The lowest BCUT2D eigenvalue weighted by atomic mass is 10.1. The first-order valence-corrected chi connectivity index (χ1v) is 7.07. The number of piperazine rings is 1. The van der Waals surface area contributed by atoms with Crippen molar-refractivity contribution in [1.29, 1.82) is 0 Å². The molecule has 0 aliphatic carbocycles. The Morgan fingerprint density at radius 2 is 1.73 bits per heavy atom. The highest BCUT2D eigenvalue weighted by Gasteiger charge is 2.26. The molecule has 1 N–H and O–H groups in total. The maximum atomic E-state index is 13.1. The maximum absolute atomic E-state index is 13.1. The fourth-order valence-corrected chi connectivity index (χ4v) is 2.38. The summed E-state index contributed by atoms with van der Waals surface area (Å²) in [6.45, 7) is 2.84. The number of aliphatic hydroxyl groups is 1. The van der Waals surface area contributed by atoms with Crippen molar-refractivity contribution in [1.82, 2.24) is 9.80 Å². The van der Waals surface area contributed by atoms with Crippen LogP contribution in [-0.4, -0.2) is 59.0 Å². The van der Waals surface area contributed by atoms with E-state index in [0.29, 0.717) is 31.7 Å². The largest absolute Gasteiger partial charge is 0.384 e. The predicted molar refractivity (Wildman–Crippen MR) is 74.9 cm³/mol. The van der Waals surface area contributed by atoms with Crippen molar-refractivity contribution in [3.63, 3.8) is 0 Å². The molecule has 1 aliphatic heterocycles. The van der Waals surface area contributed by atoms with Crippen LogP contribution < -0.4 is 0 Å². The van der Waals surface area contributed by atoms with Crippen LogP contribution >= 0.6 is 0 Å². The molecule has 1 aromatic rings. The van der Waals surface area contributed by atoms with E-state index in [0.717, 1.165) is 12.1 Å². The normalized spacial score (nSPS) is 16.5. The summed E-state index contributed by atoms with van der Waals surface area (Å²) in [5.41, 5.74) is 0.409. The van der Waals surface area contributed by atoms with Crippen LogP contribution in [0, 0.1) is 11.6 Å². The van der Waals surface area contributed by atoms with Gasteiger partial charge in [-0.05, 0) is 24.6 Å². The second kappa shape index (κ2) is 6.83. The third-order valence-electron chi connectivity index (χ3n) is 3.64. The Hall–Kier alpha value is -2.02. The second-order valence-corrected chi connectivity index (χ2v) is 5.31. The highest BCUT2D eigenvalue weighted by Crippen LogP contribution is 2.12. The average Bonchev–Trinajstić information content (AvgIpc) is 2.50. The summed E-state index contributed by atoms with van der Waals surface area (Å²) in [4.78, 5) is 26.8. The van der Waals surface area contributed by atoms with E-state index in [2.05, 4.69) is 0 Å². The summed E-state index contributed by atoms with van der Waals surface area (Å²) in [7, 11) is 0. The van der Waals surface area contributed by atoms with E-state index in [9.17, 15) is 23.5 Å². The van der Waals surface area contributed by atoms with Crippen LogP contribution in [0.1, 0.15) is 12.5 Å². The number of hydrogen-bond acceptors (Lipinski definition) is 3. The zero-order valence-corrected chi connectivity index (χ0v) is 12.3. The fraction of sp³-hybridized carbons (Fsp3) is 0.467. The number of carbonyl (C=O) groups is 2. The Morgan fingerprint density at radius 3 is 2.27 bits per heavy atom. The Bertz CT molecular complexity index is 570. The van der Waals surface area contributed by atoms with E-state index in [1.54, 1.807) is 4.90 Å². The van der Waals surface area contributed by atoms with Crippen LogP contribution in [0.15, 0.2) is 18.2 Å². The van der Waals surface area contributed by atoms with E-state index in [1.807, 2.05) is 0 Å². The Balaban J connectivity index is 1.89. The highest BCUT2D eigenvalue weighted by molar-refractivity contribution is 5.81. The highest BCUT2D eigenvalue weighted by atomic mass is 19.2. The lowest BCUT2D eigenvalue weighted by molar-refractivity contribution is -0.144. The first kappa shape index (κ1) is 16.4. The van der Waals surface area contributed by atoms with Gasteiger partial charge in [0.2, 0.25) is 5.91 Å². The molecule has 0 radical (unpaired) electrons. The molecular weight excluding hydrogens is 294 g/mol. The quantitative estimate of drug-likeness (QED) is 0.887. The van der Waals surface area contributed by atoms with Crippen LogP contribution in [0.25, 0.3) is 0 Å². The number of aliphatic hydroxyl groups excluding tert-OH is 1. The molecule has 1 heterocycles. The molecule has 1 fully saturated rings. The Labute approximate surface area is 127 Å². The van der Waals surface area contributed by atoms with E-state index in [-0.39, 0.29) is 18.2 Å². The van der Waals surface area contributed by atoms with Crippen molar-refractivity contribution in [2.75, 3.05) is 26.2 Å². The summed E-state index contributed by atoms with van der Waals surface area (Å²) in [5, 5.41) is 9.25. The Morgan fingerprint density at radius 1 is 1.14 bits per heavy atom. The topological polar surface area (TPSA) is 60.9 Å². The van der Waals surface area contributed by atoms with Crippen molar-refractivity contribution in [2.24, 2.45) is 0 Å². The van der Waals surface area contributed by atoms with Crippen LogP contribution in [0.3, 0.4) is 0 Å². The lowest BCUT2D eigenvalue weighted by Gasteiger charge is -2.35. The lowest BCUT2D eigenvalue weighted by Crippen LogP contribution is -2.52. The number of hydrogen-bond donors (Lipinski definition) is 1. The zero-order chi connectivity index (χ0) is 16.3. The van der Waals surface area contributed by atoms with Gasteiger partial charge >= 0.3 is 0 Å². The molecule has 1 atom stereocenters. The van der Waals surface area contributed by atoms with Gasteiger partial charge in [0.15, 0.2) is 11.6 Å². The number of amides is 2. The fourth-order valence-electron chi connectivity index (χ4n) is 2.38. The summed E-state index contributed by atoms with van der Waals surface area (Å²) in [6, 6.07) is 3.39. The van der Waals surface area contributed by atoms with Gasteiger partial charge in [-0.2, -0.15) is 0 Å². The molecule has 1 aromatic carbocycles. The summed E-state index contributed by atoms with van der Waals surface area (Å²) in [6.07, 6.45) is -1.06. The number of benzene rings is 1. The molecule has 0 spiro atoms. The van der Waals surface area contributed by atoms with Gasteiger partial charge in [0, 0.05) is 26.2 Å². The van der Waals surface area contributed by atoms with Crippen LogP contribution in [-0.2, 0) is 16.0 Å². The molecule has 0 saturated carbocycles. The van der Waals surface area contributed by atoms with Gasteiger partial charge in [0.25, 0.3) is 5.91 Å². The maximum Gasteiger partial charge on any atom is 0.251 e. The molecule has 5 nitrogen and oxygen atoms in total. The number of nitrogens with zero attached hydrogens (tertiary/aromatic N) is 2. The second-order valence-electron chi connectivity index (χ2n) is 5.31. The molecule has 1 aliphatic rings. The molecule has 1 saturated heterocycles. The molecule has 0 bridgehead atoms. The average molecular weight is 312 g/mol. The monoisotopic (exact) mass is 312 g/mol. The standard InChI is InChI=1S/C15H18F2N2O3/c1-10(20)15(22)19-6-4-18(5-7-19)14(21)9-11-2-3-12(16)13(17)8-11/h2-3,8,10,20H,4-7,9H2,1H3. The van der Waals surface area contributed by atoms with Gasteiger partial charge in [-0.3, -0.25) is 9.59 Å². The van der Waals surface area contributed by atoms with E-state index in [4.69, 9.17) is 0 Å². The third kappa shape index (κ3) is 3.79. The van der Waals surface area contributed by atoms with E-state index >= 15 is 0 Å². The smallest absolute Gasteiger partial charge is 0.251 e. The SMILES string of the molecule is CC(O)C(=O)N1CCN(C(=O)Cc2ccc(F)c(F)c2)CC1.